The molecule has 0 radical (unpaired) electrons. The Kier molecular flexibility index (Phi) is 3.59. The maximum absolute atomic E-state index is 13.5. The minimum absolute atomic E-state index is 0.205. The van der Waals surface area contributed by atoms with Crippen molar-refractivity contribution in [1.82, 2.24) is 4.98 Å². The van der Waals surface area contributed by atoms with E-state index in [-0.39, 0.29) is 11.6 Å². The minimum atomic E-state index is -0.389. The lowest BCUT2D eigenvalue weighted by atomic mass is 10.2. The average molecular weight is 252 g/mol. The van der Waals surface area contributed by atoms with E-state index in [1.165, 1.54) is 6.07 Å². The van der Waals surface area contributed by atoms with Gasteiger partial charge in [-0.25, -0.2) is 4.39 Å². The van der Waals surface area contributed by atoms with Gasteiger partial charge in [0.05, 0.1) is 11.6 Å². The normalized spacial score (nSPS) is 10.3. The second-order valence-corrected chi connectivity index (χ2v) is 3.92. The van der Waals surface area contributed by atoms with Gasteiger partial charge in [0.15, 0.2) is 11.6 Å². The summed E-state index contributed by atoms with van der Waals surface area (Å²) in [4.78, 5) is 4.03. The van der Waals surface area contributed by atoms with Crippen molar-refractivity contribution < 1.29 is 9.13 Å². The molecule has 2 aromatic rings. The van der Waals surface area contributed by atoms with E-state index in [1.807, 2.05) is 6.92 Å². The van der Waals surface area contributed by atoms with Crippen molar-refractivity contribution in [3.05, 3.63) is 53.6 Å². The van der Waals surface area contributed by atoms with Crippen molar-refractivity contribution in [1.29, 1.82) is 0 Å². The predicted molar refractivity (Wildman–Crippen MR) is 65.0 cm³/mol. The predicted octanol–water partition coefficient (Wildman–Crippen LogP) is 4.06. The van der Waals surface area contributed by atoms with E-state index >= 15 is 0 Å². The molecule has 0 bridgehead atoms. The Morgan fingerprint density at radius 2 is 2.12 bits per heavy atom. The van der Waals surface area contributed by atoms with Gasteiger partial charge in [-0.1, -0.05) is 6.07 Å². The molecule has 0 aliphatic carbocycles. The zero-order valence-electron chi connectivity index (χ0n) is 9.28. The summed E-state index contributed by atoms with van der Waals surface area (Å²) in [6.07, 6.45) is 1.58. The zero-order chi connectivity index (χ0) is 12.3. The van der Waals surface area contributed by atoms with Gasteiger partial charge in [0.1, 0.15) is 5.75 Å². The van der Waals surface area contributed by atoms with Crippen LogP contribution >= 0.6 is 11.6 Å². The first kappa shape index (κ1) is 11.9. The minimum Gasteiger partial charge on any atom is -0.454 e. The lowest BCUT2D eigenvalue weighted by molar-refractivity contribution is 0.441. The number of hydrogen-bond donors (Lipinski definition) is 0. The number of ether oxygens (including phenoxy) is 1. The van der Waals surface area contributed by atoms with Crippen LogP contribution in [0.1, 0.15) is 11.3 Å². The van der Waals surface area contributed by atoms with E-state index in [4.69, 9.17) is 16.3 Å². The third-order valence-corrected chi connectivity index (χ3v) is 2.51. The Morgan fingerprint density at radius 1 is 1.29 bits per heavy atom. The Labute approximate surface area is 104 Å². The van der Waals surface area contributed by atoms with Crippen molar-refractivity contribution in [2.75, 3.05) is 0 Å². The lowest BCUT2D eigenvalue weighted by Gasteiger charge is -2.08. The number of aryl methyl sites for hydroxylation is 1. The quantitative estimate of drug-likeness (QED) is 0.768. The van der Waals surface area contributed by atoms with Crippen molar-refractivity contribution in [2.45, 2.75) is 12.8 Å². The molecule has 0 saturated heterocycles. The molecule has 0 atom stereocenters. The molecule has 1 aromatic carbocycles. The van der Waals surface area contributed by atoms with Crippen LogP contribution in [0.4, 0.5) is 4.39 Å². The molecule has 1 aromatic heterocycles. The summed E-state index contributed by atoms with van der Waals surface area (Å²) >= 11 is 5.67. The van der Waals surface area contributed by atoms with Gasteiger partial charge in [0.25, 0.3) is 0 Å². The SMILES string of the molecule is Cc1ccc(F)c(Oc2ccnc(CCl)c2)c1. The van der Waals surface area contributed by atoms with Crippen molar-refractivity contribution in [3.63, 3.8) is 0 Å². The molecule has 0 spiro atoms. The topological polar surface area (TPSA) is 22.1 Å². The van der Waals surface area contributed by atoms with Crippen molar-refractivity contribution >= 4 is 11.6 Å². The van der Waals surface area contributed by atoms with Crippen LogP contribution in [0.25, 0.3) is 0 Å². The maximum Gasteiger partial charge on any atom is 0.165 e. The Bertz CT molecular complexity index is 531. The Balaban J connectivity index is 2.27. The summed E-state index contributed by atoms with van der Waals surface area (Å²) < 4.78 is 18.9. The van der Waals surface area contributed by atoms with Crippen molar-refractivity contribution in [2.24, 2.45) is 0 Å². The van der Waals surface area contributed by atoms with Crippen LogP contribution in [0, 0.1) is 12.7 Å². The molecule has 0 aliphatic heterocycles. The molecule has 4 heteroatoms. The highest BCUT2D eigenvalue weighted by molar-refractivity contribution is 6.16. The highest BCUT2D eigenvalue weighted by atomic mass is 35.5. The van der Waals surface area contributed by atoms with Gasteiger partial charge >= 0.3 is 0 Å². The van der Waals surface area contributed by atoms with E-state index < -0.39 is 0 Å². The van der Waals surface area contributed by atoms with Crippen LogP contribution in [-0.2, 0) is 5.88 Å². The maximum atomic E-state index is 13.5. The molecule has 88 valence electrons. The summed E-state index contributed by atoms with van der Waals surface area (Å²) in [5.41, 5.74) is 1.63. The summed E-state index contributed by atoms with van der Waals surface area (Å²) in [6.45, 7) is 1.88. The standard InChI is InChI=1S/C13H11ClFNO/c1-9-2-3-12(15)13(6-9)17-11-4-5-16-10(7-11)8-14/h2-7H,8H2,1H3. The van der Waals surface area contributed by atoms with Gasteiger partial charge in [0.2, 0.25) is 0 Å². The molecule has 0 N–H and O–H groups in total. The number of pyridine rings is 1. The molecule has 17 heavy (non-hydrogen) atoms. The molecule has 2 nitrogen and oxygen atoms in total. The van der Waals surface area contributed by atoms with Crippen LogP contribution in [0.15, 0.2) is 36.5 Å². The number of rotatable bonds is 3. The van der Waals surface area contributed by atoms with E-state index in [2.05, 4.69) is 4.98 Å². The molecule has 0 saturated carbocycles. The number of alkyl halides is 1. The Hall–Kier alpha value is -1.61. The first-order valence-electron chi connectivity index (χ1n) is 5.14. The zero-order valence-corrected chi connectivity index (χ0v) is 10.0. The molecular formula is C13H11ClFNO. The van der Waals surface area contributed by atoms with Gasteiger partial charge < -0.3 is 4.74 Å². The molecule has 2 rings (SSSR count). The van der Waals surface area contributed by atoms with E-state index in [9.17, 15) is 4.39 Å². The smallest absolute Gasteiger partial charge is 0.165 e. The summed E-state index contributed by atoms with van der Waals surface area (Å²) in [6, 6.07) is 8.08. The van der Waals surface area contributed by atoms with Gasteiger partial charge in [-0.3, -0.25) is 4.98 Å². The first-order valence-corrected chi connectivity index (χ1v) is 5.67. The van der Waals surface area contributed by atoms with Gasteiger partial charge in [-0.05, 0) is 30.7 Å². The number of aromatic nitrogens is 1. The average Bonchev–Trinajstić information content (AvgIpc) is 2.34. The summed E-state index contributed by atoms with van der Waals surface area (Å²) in [5, 5.41) is 0. The van der Waals surface area contributed by atoms with E-state index in [0.29, 0.717) is 17.3 Å². The molecule has 0 unspecified atom stereocenters. The summed E-state index contributed by atoms with van der Waals surface area (Å²) in [5.74, 6) is 0.643. The number of halogens is 2. The van der Waals surface area contributed by atoms with Crippen LogP contribution < -0.4 is 4.74 Å². The molecule has 1 heterocycles. The van der Waals surface area contributed by atoms with Crippen LogP contribution in [0.2, 0.25) is 0 Å². The van der Waals surface area contributed by atoms with Crippen molar-refractivity contribution in [3.8, 4) is 11.5 Å². The van der Waals surface area contributed by atoms with Crippen LogP contribution in [0.3, 0.4) is 0 Å². The second-order valence-electron chi connectivity index (χ2n) is 3.65. The molecule has 0 amide bonds. The molecular weight excluding hydrogens is 241 g/mol. The van der Waals surface area contributed by atoms with E-state index in [1.54, 1.807) is 30.5 Å². The number of hydrogen-bond acceptors (Lipinski definition) is 2. The molecule has 0 aliphatic rings. The number of benzene rings is 1. The third kappa shape index (κ3) is 2.94. The van der Waals surface area contributed by atoms with Gasteiger partial charge in [-0.2, -0.15) is 0 Å². The third-order valence-electron chi connectivity index (χ3n) is 2.24. The summed E-state index contributed by atoms with van der Waals surface area (Å²) in [7, 11) is 0. The van der Waals surface area contributed by atoms with Gasteiger partial charge in [-0.15, -0.1) is 11.6 Å². The lowest BCUT2D eigenvalue weighted by Crippen LogP contribution is -1.91. The monoisotopic (exact) mass is 251 g/mol. The largest absolute Gasteiger partial charge is 0.454 e. The second kappa shape index (κ2) is 5.15. The van der Waals surface area contributed by atoms with Gasteiger partial charge in [0, 0.05) is 12.3 Å². The van der Waals surface area contributed by atoms with E-state index in [0.717, 1.165) is 5.56 Å². The highest BCUT2D eigenvalue weighted by Crippen LogP contribution is 2.25. The number of nitrogens with zero attached hydrogens (tertiary/aromatic N) is 1. The Morgan fingerprint density at radius 3 is 2.88 bits per heavy atom. The first-order chi connectivity index (χ1) is 8.19. The fourth-order valence-electron chi connectivity index (χ4n) is 1.41. The van der Waals surface area contributed by atoms with Crippen LogP contribution in [-0.4, -0.2) is 4.98 Å². The fraction of sp³-hybridized carbons (Fsp3) is 0.154. The highest BCUT2D eigenvalue weighted by Gasteiger charge is 2.05. The fourth-order valence-corrected chi connectivity index (χ4v) is 1.55. The van der Waals surface area contributed by atoms with Crippen LogP contribution in [0.5, 0.6) is 11.5 Å². The molecule has 0 fully saturated rings.